The lowest BCUT2D eigenvalue weighted by Crippen LogP contribution is -2.27. The van der Waals surface area contributed by atoms with E-state index in [4.69, 9.17) is 5.26 Å². The highest BCUT2D eigenvalue weighted by Gasteiger charge is 2.26. The Kier molecular flexibility index (Phi) is 1.71. The number of fused-ring (bicyclic) bond motifs is 1. The molecule has 4 nitrogen and oxygen atoms in total. The van der Waals surface area contributed by atoms with E-state index >= 15 is 0 Å². The summed E-state index contributed by atoms with van der Waals surface area (Å²) in [6.45, 7) is 0. The number of nitriles is 1. The summed E-state index contributed by atoms with van der Waals surface area (Å²) in [7, 11) is 0. The van der Waals surface area contributed by atoms with Crippen molar-refractivity contribution in [2.24, 2.45) is 5.10 Å². The molecule has 0 aromatic carbocycles. The number of carbonyl (C=O) groups excluding carboxylic acids is 1. The first-order valence-corrected chi connectivity index (χ1v) is 3.95. The van der Waals surface area contributed by atoms with Crippen molar-refractivity contribution in [3.8, 4) is 6.07 Å². The van der Waals surface area contributed by atoms with Crippen LogP contribution in [-0.2, 0) is 4.79 Å². The highest BCUT2D eigenvalue weighted by Crippen LogP contribution is 2.24. The lowest BCUT2D eigenvalue weighted by Gasteiger charge is -2.22. The second-order valence-corrected chi connectivity index (χ2v) is 2.87. The molecule has 0 saturated heterocycles. The maximum atomic E-state index is 10.5. The molecule has 1 unspecified atom stereocenters. The molecule has 0 aromatic heterocycles. The van der Waals surface area contributed by atoms with Gasteiger partial charge in [-0.1, -0.05) is 6.08 Å². The number of hydrogen-bond donors (Lipinski definition) is 0. The second-order valence-electron chi connectivity index (χ2n) is 2.87. The van der Waals surface area contributed by atoms with Gasteiger partial charge in [0.15, 0.2) is 6.29 Å². The normalized spacial score (nSPS) is 24.5. The quantitative estimate of drug-likeness (QED) is 0.545. The molecule has 2 aliphatic rings. The van der Waals surface area contributed by atoms with Gasteiger partial charge in [0.05, 0.1) is 23.5 Å². The summed E-state index contributed by atoms with van der Waals surface area (Å²) in [5.41, 5.74) is 1.14. The lowest BCUT2D eigenvalue weighted by atomic mass is 10.1. The van der Waals surface area contributed by atoms with Gasteiger partial charge in [0.25, 0.3) is 0 Å². The Labute approximate surface area is 75.4 Å². The number of carbonyl (C=O) groups is 1. The zero-order valence-electron chi connectivity index (χ0n) is 6.84. The third-order valence-electron chi connectivity index (χ3n) is 2.09. The van der Waals surface area contributed by atoms with Crippen molar-refractivity contribution in [3.05, 3.63) is 23.4 Å². The van der Waals surface area contributed by atoms with Crippen LogP contribution in [0.4, 0.5) is 0 Å². The van der Waals surface area contributed by atoms with E-state index in [9.17, 15) is 4.79 Å². The smallest absolute Gasteiger partial charge is 0.167 e. The first kappa shape index (κ1) is 7.74. The molecule has 0 bridgehead atoms. The molecule has 2 aliphatic heterocycles. The van der Waals surface area contributed by atoms with Crippen molar-refractivity contribution in [3.63, 3.8) is 0 Å². The fraction of sp³-hybridized carbons (Fsp3) is 0.222. The van der Waals surface area contributed by atoms with Crippen LogP contribution in [0.1, 0.15) is 6.42 Å². The van der Waals surface area contributed by atoms with Gasteiger partial charge in [-0.2, -0.15) is 10.4 Å². The van der Waals surface area contributed by atoms with Crippen LogP contribution in [0.5, 0.6) is 0 Å². The third-order valence-corrected chi connectivity index (χ3v) is 2.09. The van der Waals surface area contributed by atoms with Gasteiger partial charge in [-0.3, -0.25) is 9.80 Å². The maximum absolute atomic E-state index is 10.5. The molecule has 0 aliphatic carbocycles. The number of aldehydes is 1. The summed E-state index contributed by atoms with van der Waals surface area (Å²) in [5, 5.41) is 14.3. The zero-order valence-corrected chi connectivity index (χ0v) is 6.84. The van der Waals surface area contributed by atoms with Crippen LogP contribution >= 0.6 is 0 Å². The molecule has 64 valence electrons. The van der Waals surface area contributed by atoms with E-state index in [1.54, 1.807) is 5.01 Å². The summed E-state index contributed by atoms with van der Waals surface area (Å²) in [6, 6.07) is 2.08. The Hall–Kier alpha value is -1.89. The standard InChI is InChI=1S/C9H7N3O/c10-4-7-3-8-1-2-9(6-13)12(8)11-5-7/h2-3,5-6,8H,1H2. The maximum Gasteiger partial charge on any atom is 0.167 e. The monoisotopic (exact) mass is 173 g/mol. The van der Waals surface area contributed by atoms with Crippen molar-refractivity contribution < 1.29 is 4.79 Å². The minimum Gasteiger partial charge on any atom is -0.296 e. The molecule has 2 rings (SSSR count). The topological polar surface area (TPSA) is 56.5 Å². The molecule has 2 heterocycles. The van der Waals surface area contributed by atoms with Gasteiger partial charge in [-0.15, -0.1) is 0 Å². The zero-order chi connectivity index (χ0) is 9.26. The van der Waals surface area contributed by atoms with E-state index < -0.39 is 0 Å². The van der Waals surface area contributed by atoms with E-state index in [0.717, 1.165) is 12.7 Å². The first-order chi connectivity index (χ1) is 6.35. The lowest BCUT2D eigenvalue weighted by molar-refractivity contribution is -0.106. The Morgan fingerprint density at radius 1 is 1.77 bits per heavy atom. The first-order valence-electron chi connectivity index (χ1n) is 3.95. The van der Waals surface area contributed by atoms with Crippen molar-refractivity contribution in [2.75, 3.05) is 0 Å². The van der Waals surface area contributed by atoms with Crippen LogP contribution in [0, 0.1) is 11.3 Å². The largest absolute Gasteiger partial charge is 0.296 e. The van der Waals surface area contributed by atoms with Gasteiger partial charge >= 0.3 is 0 Å². The van der Waals surface area contributed by atoms with Gasteiger partial charge in [0.1, 0.15) is 6.07 Å². The van der Waals surface area contributed by atoms with Gasteiger partial charge in [0, 0.05) is 0 Å². The molecule has 4 heteroatoms. The molecule has 1 atom stereocenters. The molecular formula is C9H7N3O. The van der Waals surface area contributed by atoms with E-state index in [1.165, 1.54) is 6.21 Å². The van der Waals surface area contributed by atoms with Crippen molar-refractivity contribution in [1.82, 2.24) is 5.01 Å². The van der Waals surface area contributed by atoms with Crippen LogP contribution in [0.25, 0.3) is 0 Å². The third kappa shape index (κ3) is 1.14. The molecule has 0 aromatic rings. The number of hydrogen-bond acceptors (Lipinski definition) is 4. The van der Waals surface area contributed by atoms with Crippen LogP contribution in [0.3, 0.4) is 0 Å². The molecule has 13 heavy (non-hydrogen) atoms. The number of hydrazone groups is 1. The fourth-order valence-corrected chi connectivity index (χ4v) is 1.46. The van der Waals surface area contributed by atoms with Gasteiger partial charge < -0.3 is 0 Å². The molecule has 0 spiro atoms. The van der Waals surface area contributed by atoms with E-state index in [0.29, 0.717) is 11.3 Å². The van der Waals surface area contributed by atoms with E-state index in [1.807, 2.05) is 18.2 Å². The van der Waals surface area contributed by atoms with Crippen molar-refractivity contribution in [1.29, 1.82) is 5.26 Å². The predicted molar refractivity (Wildman–Crippen MR) is 46.6 cm³/mol. The summed E-state index contributed by atoms with van der Waals surface area (Å²) in [5.74, 6) is 0. The Bertz CT molecular complexity index is 373. The summed E-state index contributed by atoms with van der Waals surface area (Å²) in [4.78, 5) is 10.5. The highest BCUT2D eigenvalue weighted by molar-refractivity contribution is 5.85. The van der Waals surface area contributed by atoms with Gasteiger partial charge in [0.2, 0.25) is 0 Å². The van der Waals surface area contributed by atoms with Crippen LogP contribution in [0.15, 0.2) is 28.5 Å². The highest BCUT2D eigenvalue weighted by atomic mass is 16.1. The average molecular weight is 173 g/mol. The van der Waals surface area contributed by atoms with Crippen LogP contribution < -0.4 is 0 Å². The minimum absolute atomic E-state index is 0.0554. The van der Waals surface area contributed by atoms with E-state index in [2.05, 4.69) is 5.10 Å². The van der Waals surface area contributed by atoms with Crippen molar-refractivity contribution >= 4 is 12.5 Å². The molecule has 0 amide bonds. The average Bonchev–Trinajstić information content (AvgIpc) is 2.59. The number of allylic oxidation sites excluding steroid dienone is 2. The van der Waals surface area contributed by atoms with Gasteiger partial charge in [-0.05, 0) is 12.5 Å². The van der Waals surface area contributed by atoms with Crippen LogP contribution in [0.2, 0.25) is 0 Å². The number of rotatable bonds is 1. The Morgan fingerprint density at radius 2 is 2.62 bits per heavy atom. The summed E-state index contributed by atoms with van der Waals surface area (Å²) < 4.78 is 0. The molecule has 0 N–H and O–H groups in total. The molecule has 0 fully saturated rings. The predicted octanol–water partition coefficient (Wildman–Crippen LogP) is 0.593. The molecule has 0 saturated carbocycles. The Morgan fingerprint density at radius 3 is 3.31 bits per heavy atom. The summed E-state index contributed by atoms with van der Waals surface area (Å²) >= 11 is 0. The molecule has 0 radical (unpaired) electrons. The van der Waals surface area contributed by atoms with Gasteiger partial charge in [-0.25, -0.2) is 0 Å². The summed E-state index contributed by atoms with van der Waals surface area (Å²) in [6.07, 6.45) is 6.64. The fourth-order valence-electron chi connectivity index (χ4n) is 1.46. The molecular weight excluding hydrogens is 166 g/mol. The second kappa shape index (κ2) is 2.87. The number of nitrogens with zero attached hydrogens (tertiary/aromatic N) is 3. The minimum atomic E-state index is 0.0554. The Balaban J connectivity index is 2.26. The SMILES string of the molecule is N#CC1=CC2CC=C(C=O)N2N=C1. The van der Waals surface area contributed by atoms with Crippen molar-refractivity contribution in [2.45, 2.75) is 12.5 Å². The van der Waals surface area contributed by atoms with Crippen LogP contribution in [-0.4, -0.2) is 23.6 Å². The van der Waals surface area contributed by atoms with E-state index in [-0.39, 0.29) is 6.04 Å².